The van der Waals surface area contributed by atoms with Crippen LogP contribution in [0.2, 0.25) is 4.47 Å². The molecule has 2 aliphatic rings. The molecule has 0 N–H and O–H groups in total. The molecule has 1 aromatic rings. The van der Waals surface area contributed by atoms with Gasteiger partial charge in [-0.05, 0) is 37.3 Å². The fourth-order valence-electron chi connectivity index (χ4n) is 3.75. The van der Waals surface area contributed by atoms with Crippen LogP contribution >= 0.6 is 22.9 Å². The van der Waals surface area contributed by atoms with E-state index in [1.165, 1.54) is 49.9 Å². The molecule has 21 heavy (non-hydrogen) atoms. The maximum atomic E-state index is 12.9. The first-order valence-corrected chi connectivity index (χ1v) is 9.27. The maximum Gasteiger partial charge on any atom is 0.285 e. The van der Waals surface area contributed by atoms with Crippen molar-refractivity contribution in [3.63, 3.8) is 0 Å². The van der Waals surface area contributed by atoms with Crippen LogP contribution in [0, 0.1) is 0 Å². The molecule has 0 aliphatic heterocycles. The molecule has 2 fully saturated rings. The van der Waals surface area contributed by atoms with Crippen LogP contribution in [0.15, 0.2) is 0 Å². The zero-order valence-corrected chi connectivity index (χ0v) is 13.8. The number of carbonyl (C=O) groups is 1. The third-order valence-corrected chi connectivity index (χ3v) is 5.76. The van der Waals surface area contributed by atoms with E-state index in [1.54, 1.807) is 0 Å². The number of hydrogen-bond donors (Lipinski definition) is 0. The molecule has 1 aromatic heterocycles. The summed E-state index contributed by atoms with van der Waals surface area (Å²) >= 11 is 7.06. The van der Waals surface area contributed by atoms with Crippen LogP contribution in [-0.2, 0) is 0 Å². The Morgan fingerprint density at radius 2 is 1.48 bits per heavy atom. The van der Waals surface area contributed by atoms with Crippen molar-refractivity contribution in [2.45, 2.75) is 76.3 Å². The highest BCUT2D eigenvalue weighted by Crippen LogP contribution is 2.32. The first kappa shape index (κ1) is 15.2. The average molecular weight is 328 g/mol. The minimum absolute atomic E-state index is 0.0539. The van der Waals surface area contributed by atoms with Gasteiger partial charge >= 0.3 is 0 Å². The van der Waals surface area contributed by atoms with Crippen LogP contribution in [0.1, 0.15) is 74.0 Å². The number of aromatic nitrogens is 2. The van der Waals surface area contributed by atoms with E-state index < -0.39 is 0 Å². The molecule has 1 heterocycles. The van der Waals surface area contributed by atoms with Gasteiger partial charge < -0.3 is 4.90 Å². The van der Waals surface area contributed by atoms with E-state index in [0.717, 1.165) is 25.7 Å². The third kappa shape index (κ3) is 3.57. The predicted molar refractivity (Wildman–Crippen MR) is 84.8 cm³/mol. The Balaban J connectivity index is 1.81. The van der Waals surface area contributed by atoms with Crippen LogP contribution in [-0.4, -0.2) is 33.1 Å². The van der Waals surface area contributed by atoms with E-state index in [2.05, 4.69) is 15.1 Å². The molecular formula is C15H22ClN3OS. The summed E-state index contributed by atoms with van der Waals surface area (Å²) in [5.74, 6) is 0.0539. The molecule has 2 aliphatic carbocycles. The van der Waals surface area contributed by atoms with E-state index in [0.29, 0.717) is 21.6 Å². The summed E-state index contributed by atoms with van der Waals surface area (Å²) in [6.45, 7) is 0. The second kappa shape index (κ2) is 7.05. The average Bonchev–Trinajstić information content (AvgIpc) is 2.96. The van der Waals surface area contributed by atoms with Crippen LogP contribution in [0.25, 0.3) is 0 Å². The Bertz CT molecular complexity index is 463. The van der Waals surface area contributed by atoms with Gasteiger partial charge in [-0.2, -0.15) is 0 Å². The molecule has 0 spiro atoms. The maximum absolute atomic E-state index is 12.9. The quantitative estimate of drug-likeness (QED) is 0.831. The molecule has 2 saturated carbocycles. The highest BCUT2D eigenvalue weighted by molar-refractivity contribution is 7.17. The Kier molecular flexibility index (Phi) is 5.11. The predicted octanol–water partition coefficient (Wildman–Crippen LogP) is 4.30. The molecule has 3 rings (SSSR count). The molecule has 0 unspecified atom stereocenters. The molecule has 0 bridgehead atoms. The van der Waals surface area contributed by atoms with Gasteiger partial charge in [-0.15, -0.1) is 10.2 Å². The lowest BCUT2D eigenvalue weighted by molar-refractivity contribution is 0.0447. The summed E-state index contributed by atoms with van der Waals surface area (Å²) in [5, 5.41) is 8.22. The lowest BCUT2D eigenvalue weighted by Crippen LogP contribution is -2.48. The van der Waals surface area contributed by atoms with Gasteiger partial charge in [0, 0.05) is 12.1 Å². The number of nitrogens with zero attached hydrogens (tertiary/aromatic N) is 3. The monoisotopic (exact) mass is 327 g/mol. The fourth-order valence-corrected chi connectivity index (χ4v) is 4.52. The third-order valence-electron chi connectivity index (χ3n) is 4.75. The van der Waals surface area contributed by atoms with Crippen molar-refractivity contribution in [1.82, 2.24) is 15.1 Å². The van der Waals surface area contributed by atoms with Gasteiger partial charge in [0.05, 0.1) is 0 Å². The first-order chi connectivity index (χ1) is 10.3. The summed E-state index contributed by atoms with van der Waals surface area (Å²) < 4.78 is 0.352. The van der Waals surface area contributed by atoms with E-state index in [-0.39, 0.29) is 5.91 Å². The number of carbonyl (C=O) groups excluding carboxylic acids is 1. The molecule has 1 amide bonds. The van der Waals surface area contributed by atoms with Crippen molar-refractivity contribution in [2.24, 2.45) is 0 Å². The Hall–Kier alpha value is -0.680. The number of amides is 1. The SMILES string of the molecule is O=C(c1nnc(Cl)s1)N(C1CCCCC1)C1CCCCC1. The summed E-state index contributed by atoms with van der Waals surface area (Å²) in [5.41, 5.74) is 0. The molecule has 0 radical (unpaired) electrons. The zero-order chi connectivity index (χ0) is 14.7. The molecule has 0 saturated heterocycles. The van der Waals surface area contributed by atoms with E-state index in [9.17, 15) is 4.79 Å². The molecule has 0 aromatic carbocycles. The largest absolute Gasteiger partial charge is 0.331 e. The van der Waals surface area contributed by atoms with Gasteiger partial charge in [0.25, 0.3) is 5.91 Å². The highest BCUT2D eigenvalue weighted by Gasteiger charge is 2.34. The first-order valence-electron chi connectivity index (χ1n) is 8.07. The number of rotatable bonds is 3. The van der Waals surface area contributed by atoms with Gasteiger partial charge in [-0.25, -0.2) is 0 Å². The molecular weight excluding hydrogens is 306 g/mol. The van der Waals surface area contributed by atoms with E-state index in [1.807, 2.05) is 0 Å². The minimum Gasteiger partial charge on any atom is -0.331 e. The van der Waals surface area contributed by atoms with Crippen molar-refractivity contribution in [2.75, 3.05) is 0 Å². The standard InChI is InChI=1S/C15H22ClN3OS/c16-15-18-17-13(21-15)14(20)19(11-7-3-1-4-8-11)12-9-5-2-6-10-12/h11-12H,1-10H2. The van der Waals surface area contributed by atoms with Gasteiger partial charge in [0.15, 0.2) is 0 Å². The van der Waals surface area contributed by atoms with E-state index >= 15 is 0 Å². The number of halogens is 1. The van der Waals surface area contributed by atoms with Crippen LogP contribution in [0.5, 0.6) is 0 Å². The Morgan fingerprint density at radius 1 is 0.952 bits per heavy atom. The fraction of sp³-hybridized carbons (Fsp3) is 0.800. The molecule has 4 nitrogen and oxygen atoms in total. The Morgan fingerprint density at radius 3 is 1.90 bits per heavy atom. The summed E-state index contributed by atoms with van der Waals surface area (Å²) in [4.78, 5) is 15.1. The topological polar surface area (TPSA) is 46.1 Å². The lowest BCUT2D eigenvalue weighted by Gasteiger charge is -2.41. The van der Waals surface area contributed by atoms with Crippen molar-refractivity contribution in [3.8, 4) is 0 Å². The Labute approximate surface area is 134 Å². The molecule has 0 atom stereocenters. The lowest BCUT2D eigenvalue weighted by atomic mass is 9.88. The van der Waals surface area contributed by atoms with Crippen molar-refractivity contribution < 1.29 is 4.79 Å². The molecule has 6 heteroatoms. The summed E-state index contributed by atoms with van der Waals surface area (Å²) in [6, 6.07) is 0.772. The van der Waals surface area contributed by atoms with Crippen molar-refractivity contribution >= 4 is 28.8 Å². The van der Waals surface area contributed by atoms with Gasteiger partial charge in [0.2, 0.25) is 9.47 Å². The second-order valence-corrected chi connectivity index (χ2v) is 7.72. The van der Waals surface area contributed by atoms with Gasteiger partial charge in [0.1, 0.15) is 0 Å². The van der Waals surface area contributed by atoms with Crippen LogP contribution < -0.4 is 0 Å². The summed E-state index contributed by atoms with van der Waals surface area (Å²) in [6.07, 6.45) is 12.1. The molecule has 116 valence electrons. The minimum atomic E-state index is 0.0539. The van der Waals surface area contributed by atoms with Crippen LogP contribution in [0.4, 0.5) is 0 Å². The normalized spacial score (nSPS) is 21.4. The van der Waals surface area contributed by atoms with Crippen LogP contribution in [0.3, 0.4) is 0 Å². The van der Waals surface area contributed by atoms with Crippen molar-refractivity contribution in [1.29, 1.82) is 0 Å². The highest BCUT2D eigenvalue weighted by atomic mass is 35.5. The smallest absolute Gasteiger partial charge is 0.285 e. The van der Waals surface area contributed by atoms with Crippen molar-refractivity contribution in [3.05, 3.63) is 9.47 Å². The summed E-state index contributed by atoms with van der Waals surface area (Å²) in [7, 11) is 0. The zero-order valence-electron chi connectivity index (χ0n) is 12.3. The van der Waals surface area contributed by atoms with E-state index in [4.69, 9.17) is 11.6 Å². The second-order valence-electron chi connectivity index (χ2n) is 6.16. The number of hydrogen-bond acceptors (Lipinski definition) is 4. The van der Waals surface area contributed by atoms with Gasteiger partial charge in [-0.3, -0.25) is 4.79 Å². The van der Waals surface area contributed by atoms with Gasteiger partial charge in [-0.1, -0.05) is 49.9 Å².